The Balaban J connectivity index is 2.49. The van der Waals surface area contributed by atoms with E-state index in [1.54, 1.807) is 6.92 Å². The van der Waals surface area contributed by atoms with Crippen molar-refractivity contribution >= 4 is 12.0 Å². The molecule has 1 unspecified atom stereocenters. The first-order valence-electron chi connectivity index (χ1n) is 6.07. The van der Waals surface area contributed by atoms with E-state index in [-0.39, 0.29) is 23.9 Å². The predicted octanol–water partition coefficient (Wildman–Crippen LogP) is 1.92. The third-order valence-electron chi connectivity index (χ3n) is 3.80. The van der Waals surface area contributed by atoms with Crippen molar-refractivity contribution in [2.75, 3.05) is 6.54 Å². The van der Waals surface area contributed by atoms with Gasteiger partial charge in [0.1, 0.15) is 23.1 Å². The maximum atomic E-state index is 12.5. The summed E-state index contributed by atoms with van der Waals surface area (Å²) in [6.45, 7) is 1.94. The van der Waals surface area contributed by atoms with Crippen LogP contribution in [0, 0.1) is 0 Å². The number of phenols is 2. The van der Waals surface area contributed by atoms with E-state index in [2.05, 4.69) is 0 Å². The summed E-state index contributed by atoms with van der Waals surface area (Å²) in [7, 11) is 0. The number of aromatic hydroxyl groups is 2. The zero-order valence-corrected chi connectivity index (χ0v) is 10.5. The predicted molar refractivity (Wildman–Crippen MR) is 66.0 cm³/mol. The number of nitrogens with zero attached hydrogens (tertiary/aromatic N) is 1. The highest BCUT2D eigenvalue weighted by Crippen LogP contribution is 2.33. The molecule has 6 heteroatoms. The SMILES string of the molecule is C[C@@H]1CCC[N+]1(C(=O)O)C(=O)c1ccc(O)cc1O. The van der Waals surface area contributed by atoms with E-state index in [4.69, 9.17) is 0 Å². The van der Waals surface area contributed by atoms with Gasteiger partial charge in [-0.05, 0) is 19.1 Å². The first-order chi connectivity index (χ1) is 8.89. The maximum absolute atomic E-state index is 12.5. The summed E-state index contributed by atoms with van der Waals surface area (Å²) in [6, 6.07) is 3.21. The number of carbonyl (C=O) groups is 2. The first kappa shape index (κ1) is 13.4. The molecule has 0 radical (unpaired) electrons. The zero-order chi connectivity index (χ0) is 14.2. The quantitative estimate of drug-likeness (QED) is 0.675. The summed E-state index contributed by atoms with van der Waals surface area (Å²) in [4.78, 5) is 24.1. The van der Waals surface area contributed by atoms with Crippen molar-refractivity contribution < 1.29 is 29.4 Å². The van der Waals surface area contributed by atoms with Gasteiger partial charge in [-0.3, -0.25) is 0 Å². The fraction of sp³-hybridized carbons (Fsp3) is 0.385. The highest BCUT2D eigenvalue weighted by atomic mass is 16.4. The minimum atomic E-state index is -1.21. The fourth-order valence-electron chi connectivity index (χ4n) is 2.67. The molecule has 2 amide bonds. The molecule has 3 N–H and O–H groups in total. The van der Waals surface area contributed by atoms with Gasteiger partial charge >= 0.3 is 12.0 Å². The van der Waals surface area contributed by atoms with Crippen LogP contribution in [0.1, 0.15) is 30.1 Å². The molecular weight excluding hydrogens is 250 g/mol. The van der Waals surface area contributed by atoms with Gasteiger partial charge < -0.3 is 15.3 Å². The van der Waals surface area contributed by atoms with Crippen LogP contribution in [0.3, 0.4) is 0 Å². The molecule has 1 aromatic rings. The average molecular weight is 266 g/mol. The van der Waals surface area contributed by atoms with Gasteiger partial charge in [0.15, 0.2) is 0 Å². The van der Waals surface area contributed by atoms with E-state index >= 15 is 0 Å². The van der Waals surface area contributed by atoms with Gasteiger partial charge in [-0.1, -0.05) is 0 Å². The summed E-state index contributed by atoms with van der Waals surface area (Å²) in [6.07, 6.45) is 0.0945. The van der Waals surface area contributed by atoms with E-state index in [1.165, 1.54) is 12.1 Å². The van der Waals surface area contributed by atoms with Crippen LogP contribution < -0.4 is 0 Å². The van der Waals surface area contributed by atoms with Crippen molar-refractivity contribution in [2.45, 2.75) is 25.8 Å². The number of carboxylic acid groups (broad SMARTS) is 1. The molecular formula is C13H16NO5+. The molecule has 1 aliphatic rings. The van der Waals surface area contributed by atoms with Crippen molar-refractivity contribution in [3.05, 3.63) is 23.8 Å². The number of hydrogen-bond acceptors (Lipinski definition) is 4. The molecule has 19 heavy (non-hydrogen) atoms. The number of likely N-dealkylation sites (tertiary alicyclic amines) is 1. The number of quaternary nitrogens is 1. The Morgan fingerprint density at radius 3 is 2.47 bits per heavy atom. The second-order valence-corrected chi connectivity index (χ2v) is 4.87. The topological polar surface area (TPSA) is 94.8 Å². The van der Waals surface area contributed by atoms with Crippen LogP contribution in [0.15, 0.2) is 18.2 Å². The molecule has 0 spiro atoms. The van der Waals surface area contributed by atoms with Crippen LogP contribution >= 0.6 is 0 Å². The van der Waals surface area contributed by atoms with Gasteiger partial charge in [0, 0.05) is 18.9 Å². The van der Waals surface area contributed by atoms with E-state index in [0.717, 1.165) is 6.07 Å². The van der Waals surface area contributed by atoms with Gasteiger partial charge in [-0.15, -0.1) is 0 Å². The van der Waals surface area contributed by atoms with E-state index < -0.39 is 22.2 Å². The number of carbonyl (C=O) groups excluding carboxylic acids is 1. The van der Waals surface area contributed by atoms with Gasteiger partial charge in [0.2, 0.25) is 0 Å². The number of phenolic OH excluding ortho intramolecular Hbond substituents is 2. The first-order valence-corrected chi connectivity index (χ1v) is 6.07. The van der Waals surface area contributed by atoms with Gasteiger partial charge in [-0.2, -0.15) is 9.28 Å². The van der Waals surface area contributed by atoms with Gasteiger partial charge in [0.25, 0.3) is 0 Å². The highest BCUT2D eigenvalue weighted by Gasteiger charge is 2.53. The summed E-state index contributed by atoms with van der Waals surface area (Å²) < 4.78 is -0.696. The molecule has 0 aliphatic carbocycles. The molecule has 1 aliphatic heterocycles. The summed E-state index contributed by atoms with van der Waals surface area (Å²) in [5, 5.41) is 28.4. The molecule has 1 aromatic carbocycles. The number of amides is 2. The van der Waals surface area contributed by atoms with E-state index in [1.807, 2.05) is 0 Å². The van der Waals surface area contributed by atoms with Crippen molar-refractivity contribution in [3.8, 4) is 11.5 Å². The van der Waals surface area contributed by atoms with E-state index in [0.29, 0.717) is 12.8 Å². The number of rotatable bonds is 1. The van der Waals surface area contributed by atoms with E-state index in [9.17, 15) is 24.9 Å². The Morgan fingerprint density at radius 2 is 2.00 bits per heavy atom. The molecule has 1 saturated heterocycles. The summed E-state index contributed by atoms with van der Waals surface area (Å²) in [5.74, 6) is -1.22. The molecule has 102 valence electrons. The lowest BCUT2D eigenvalue weighted by molar-refractivity contribution is -0.785. The Morgan fingerprint density at radius 1 is 1.32 bits per heavy atom. The number of benzene rings is 1. The third-order valence-corrected chi connectivity index (χ3v) is 3.80. The minimum absolute atomic E-state index is 0.0750. The Hall–Kier alpha value is -2.08. The van der Waals surface area contributed by atoms with Gasteiger partial charge in [-0.25, -0.2) is 4.79 Å². The lowest BCUT2D eigenvalue weighted by atomic mass is 10.1. The Bertz CT molecular complexity index is 542. The zero-order valence-electron chi connectivity index (χ0n) is 10.5. The van der Waals surface area contributed by atoms with Crippen molar-refractivity contribution in [3.63, 3.8) is 0 Å². The van der Waals surface area contributed by atoms with Crippen LogP contribution in [0.25, 0.3) is 0 Å². The summed E-state index contributed by atoms with van der Waals surface area (Å²) in [5.41, 5.74) is -0.0750. The Labute approximate surface area is 110 Å². The number of imide groups is 1. The second kappa shape index (κ2) is 4.55. The smallest absolute Gasteiger partial charge is 0.508 e. The second-order valence-electron chi connectivity index (χ2n) is 4.87. The number of hydrogen-bond donors (Lipinski definition) is 3. The molecule has 0 bridgehead atoms. The van der Waals surface area contributed by atoms with Crippen LogP contribution in [-0.2, 0) is 0 Å². The fourth-order valence-corrected chi connectivity index (χ4v) is 2.67. The average Bonchev–Trinajstić information content (AvgIpc) is 2.71. The minimum Gasteiger partial charge on any atom is -0.508 e. The molecule has 1 fully saturated rings. The highest BCUT2D eigenvalue weighted by molar-refractivity contribution is 5.97. The molecule has 6 nitrogen and oxygen atoms in total. The van der Waals surface area contributed by atoms with Crippen LogP contribution in [0.4, 0.5) is 4.79 Å². The van der Waals surface area contributed by atoms with Crippen molar-refractivity contribution in [2.24, 2.45) is 0 Å². The molecule has 2 rings (SSSR count). The maximum Gasteiger partial charge on any atom is 0.521 e. The normalized spacial score (nSPS) is 26.3. The third kappa shape index (κ3) is 1.94. The molecule has 2 atom stereocenters. The lowest BCUT2D eigenvalue weighted by Gasteiger charge is -2.29. The van der Waals surface area contributed by atoms with Crippen molar-refractivity contribution in [1.29, 1.82) is 0 Å². The lowest BCUT2D eigenvalue weighted by Crippen LogP contribution is -2.58. The molecule has 1 heterocycles. The monoisotopic (exact) mass is 266 g/mol. The van der Waals surface area contributed by atoms with Crippen LogP contribution in [-0.4, -0.2) is 44.4 Å². The molecule has 0 aromatic heterocycles. The van der Waals surface area contributed by atoms with Crippen LogP contribution in [0.2, 0.25) is 0 Å². The van der Waals surface area contributed by atoms with Crippen molar-refractivity contribution in [1.82, 2.24) is 0 Å². The molecule has 0 saturated carbocycles. The standard InChI is InChI=1S/C13H15NO5/c1-8-3-2-6-14(8,13(18)19)12(17)10-5-4-9(15)7-11(10)16/h4-5,7-8H,2-3,6H2,1H3,(H2-,15,16,17,18,19)/p+1/t8-,14?/m1/s1. The Kier molecular flexibility index (Phi) is 3.20. The van der Waals surface area contributed by atoms with Crippen LogP contribution in [0.5, 0.6) is 11.5 Å². The summed E-state index contributed by atoms with van der Waals surface area (Å²) >= 11 is 0. The largest absolute Gasteiger partial charge is 0.521 e. The van der Waals surface area contributed by atoms with Gasteiger partial charge in [0.05, 0.1) is 6.54 Å².